The highest BCUT2D eigenvalue weighted by Gasteiger charge is 2.43. The number of hydrogen-bond acceptors (Lipinski definition) is 5. The second-order valence-electron chi connectivity index (χ2n) is 5.54. The van der Waals surface area contributed by atoms with E-state index in [1.54, 1.807) is 0 Å². The molecule has 1 atom stereocenters. The zero-order valence-electron chi connectivity index (χ0n) is 14.1. The quantitative estimate of drug-likeness (QED) is 0.520. The molecule has 1 heterocycles. The zero-order valence-corrected chi connectivity index (χ0v) is 14.1. The lowest BCUT2D eigenvalue weighted by Gasteiger charge is -2.19. The molecule has 0 radical (unpaired) electrons. The number of halogens is 5. The van der Waals surface area contributed by atoms with Gasteiger partial charge in [0.15, 0.2) is 0 Å². The zero-order chi connectivity index (χ0) is 20.7. The van der Waals surface area contributed by atoms with E-state index in [1.165, 1.54) is 18.2 Å². The highest BCUT2D eigenvalue weighted by atomic mass is 19.3. The van der Waals surface area contributed by atoms with Crippen molar-refractivity contribution in [1.29, 1.82) is 0 Å². The Hall–Kier alpha value is -2.95. The summed E-state index contributed by atoms with van der Waals surface area (Å²) >= 11 is 0. The molecule has 2 rings (SSSR count). The lowest BCUT2D eigenvalue weighted by Crippen LogP contribution is -2.40. The summed E-state index contributed by atoms with van der Waals surface area (Å²) in [5.74, 6) is -1.48. The number of amides is 1. The number of aliphatic hydroxyl groups excluding tert-OH is 1. The van der Waals surface area contributed by atoms with Gasteiger partial charge in [0, 0.05) is 12.3 Å². The van der Waals surface area contributed by atoms with Gasteiger partial charge < -0.3 is 19.9 Å². The highest BCUT2D eigenvalue weighted by molar-refractivity contribution is 5.70. The fourth-order valence-corrected chi connectivity index (χ4v) is 2.13. The van der Waals surface area contributed by atoms with Crippen LogP contribution in [0, 0.1) is 5.95 Å². The standard InChI is InChI=1S/C17H15F5N2O4/c18-14-8-12(4-5-23-14)27-16(26)24-11(9-25)6-10-2-1-3-13(7-10)28-17(21,22)15(19)20/h1-5,7-8,11,15,25H,6,9H2,(H,24,26). The molecule has 0 saturated heterocycles. The third-order valence-corrected chi connectivity index (χ3v) is 3.34. The van der Waals surface area contributed by atoms with Gasteiger partial charge in [0.2, 0.25) is 5.95 Å². The molecule has 1 aromatic heterocycles. The van der Waals surface area contributed by atoms with Crippen LogP contribution in [0.4, 0.5) is 26.7 Å². The molecule has 2 N–H and O–H groups in total. The molecule has 1 aromatic carbocycles. The lowest BCUT2D eigenvalue weighted by atomic mass is 10.1. The van der Waals surface area contributed by atoms with Crippen LogP contribution in [0.2, 0.25) is 0 Å². The fraction of sp³-hybridized carbons (Fsp3) is 0.294. The van der Waals surface area contributed by atoms with Gasteiger partial charge in [0.05, 0.1) is 12.6 Å². The van der Waals surface area contributed by atoms with Crippen molar-refractivity contribution in [2.75, 3.05) is 6.61 Å². The van der Waals surface area contributed by atoms with Gasteiger partial charge in [-0.15, -0.1) is 0 Å². The monoisotopic (exact) mass is 406 g/mol. The predicted molar refractivity (Wildman–Crippen MR) is 86.0 cm³/mol. The number of carbonyl (C=O) groups excluding carboxylic acids is 1. The Bertz CT molecular complexity index is 807. The fourth-order valence-electron chi connectivity index (χ4n) is 2.13. The molecule has 0 aliphatic carbocycles. The van der Waals surface area contributed by atoms with Crippen LogP contribution in [-0.2, 0) is 6.42 Å². The van der Waals surface area contributed by atoms with Crippen molar-refractivity contribution >= 4 is 6.09 Å². The lowest BCUT2D eigenvalue weighted by molar-refractivity contribution is -0.253. The van der Waals surface area contributed by atoms with Crippen molar-refractivity contribution in [2.24, 2.45) is 0 Å². The Morgan fingerprint density at radius 1 is 1.21 bits per heavy atom. The Morgan fingerprint density at radius 2 is 1.96 bits per heavy atom. The van der Waals surface area contributed by atoms with Crippen LogP contribution in [0.1, 0.15) is 5.56 Å². The number of benzene rings is 1. The molecule has 0 saturated carbocycles. The van der Waals surface area contributed by atoms with Crippen molar-refractivity contribution < 1.29 is 41.3 Å². The van der Waals surface area contributed by atoms with Crippen LogP contribution in [0.3, 0.4) is 0 Å². The third-order valence-electron chi connectivity index (χ3n) is 3.34. The van der Waals surface area contributed by atoms with Crippen LogP contribution < -0.4 is 14.8 Å². The van der Waals surface area contributed by atoms with Gasteiger partial charge in [0.25, 0.3) is 0 Å². The maximum atomic E-state index is 13.0. The van der Waals surface area contributed by atoms with Crippen molar-refractivity contribution in [3.05, 3.63) is 54.1 Å². The van der Waals surface area contributed by atoms with Gasteiger partial charge in [-0.25, -0.2) is 9.78 Å². The van der Waals surface area contributed by atoms with Crippen LogP contribution in [-0.4, -0.2) is 41.4 Å². The van der Waals surface area contributed by atoms with Gasteiger partial charge in [-0.2, -0.15) is 22.0 Å². The Labute approximate surface area is 155 Å². The minimum Gasteiger partial charge on any atom is -0.428 e. The van der Waals surface area contributed by atoms with E-state index >= 15 is 0 Å². The van der Waals surface area contributed by atoms with Crippen LogP contribution in [0.15, 0.2) is 42.6 Å². The molecule has 0 fully saturated rings. The average molecular weight is 406 g/mol. The molecule has 152 valence electrons. The molecule has 0 aliphatic heterocycles. The van der Waals surface area contributed by atoms with Crippen LogP contribution in [0.25, 0.3) is 0 Å². The van der Waals surface area contributed by atoms with E-state index in [4.69, 9.17) is 4.74 Å². The maximum Gasteiger partial charge on any atom is 0.461 e. The molecule has 11 heteroatoms. The van der Waals surface area contributed by atoms with Crippen molar-refractivity contribution in [2.45, 2.75) is 25.0 Å². The van der Waals surface area contributed by atoms with Crippen molar-refractivity contribution in [3.8, 4) is 11.5 Å². The summed E-state index contributed by atoms with van der Waals surface area (Å²) < 4.78 is 72.2. The second-order valence-corrected chi connectivity index (χ2v) is 5.54. The highest BCUT2D eigenvalue weighted by Crippen LogP contribution is 2.28. The minimum atomic E-state index is -4.66. The molecule has 28 heavy (non-hydrogen) atoms. The van der Waals surface area contributed by atoms with E-state index in [2.05, 4.69) is 15.0 Å². The summed E-state index contributed by atoms with van der Waals surface area (Å²) in [7, 11) is 0. The molecular formula is C17H15F5N2O4. The molecule has 2 aromatic rings. The normalized spacial score (nSPS) is 12.5. The van der Waals surface area contributed by atoms with E-state index in [1.807, 2.05) is 0 Å². The molecule has 6 nitrogen and oxygen atoms in total. The van der Waals surface area contributed by atoms with E-state index in [-0.39, 0.29) is 12.2 Å². The first-order valence-corrected chi connectivity index (χ1v) is 7.84. The first-order chi connectivity index (χ1) is 13.2. The topological polar surface area (TPSA) is 80.7 Å². The molecular weight excluding hydrogens is 391 g/mol. The Kier molecular flexibility index (Phi) is 7.10. The maximum absolute atomic E-state index is 13.0. The molecule has 1 amide bonds. The van der Waals surface area contributed by atoms with E-state index < -0.39 is 43.0 Å². The molecule has 0 bridgehead atoms. The largest absolute Gasteiger partial charge is 0.461 e. The van der Waals surface area contributed by atoms with Gasteiger partial charge in [-0.1, -0.05) is 12.1 Å². The van der Waals surface area contributed by atoms with E-state index in [0.29, 0.717) is 5.56 Å². The van der Waals surface area contributed by atoms with Crippen LogP contribution in [0.5, 0.6) is 11.5 Å². The minimum absolute atomic E-state index is 0.0479. The summed E-state index contributed by atoms with van der Waals surface area (Å²) in [5, 5.41) is 11.7. The third kappa shape index (κ3) is 6.34. The predicted octanol–water partition coefficient (Wildman–Crippen LogP) is 3.15. The van der Waals surface area contributed by atoms with Crippen molar-refractivity contribution in [3.63, 3.8) is 0 Å². The summed E-state index contributed by atoms with van der Waals surface area (Å²) in [5.41, 5.74) is 0.317. The van der Waals surface area contributed by atoms with E-state index in [0.717, 1.165) is 24.4 Å². The summed E-state index contributed by atoms with van der Waals surface area (Å²) in [6, 6.07) is 6.10. The number of nitrogens with zero attached hydrogens (tertiary/aromatic N) is 1. The summed E-state index contributed by atoms with van der Waals surface area (Å²) in [6.45, 7) is -0.544. The van der Waals surface area contributed by atoms with Gasteiger partial charge in [0.1, 0.15) is 11.5 Å². The van der Waals surface area contributed by atoms with E-state index in [9.17, 15) is 31.9 Å². The SMILES string of the molecule is O=C(NC(CO)Cc1cccc(OC(F)(F)C(F)F)c1)Oc1ccnc(F)c1. The number of pyridine rings is 1. The van der Waals surface area contributed by atoms with Crippen LogP contribution >= 0.6 is 0 Å². The number of alkyl halides is 4. The van der Waals surface area contributed by atoms with Gasteiger partial charge in [-0.05, 0) is 30.2 Å². The number of carbonyl (C=O) groups is 1. The summed E-state index contributed by atoms with van der Waals surface area (Å²) in [4.78, 5) is 15.1. The first kappa shape index (κ1) is 21.4. The summed E-state index contributed by atoms with van der Waals surface area (Å²) in [6.07, 6.45) is -8.62. The average Bonchev–Trinajstić information content (AvgIpc) is 2.61. The Morgan fingerprint density at radius 3 is 2.61 bits per heavy atom. The molecule has 0 aliphatic rings. The number of nitrogens with one attached hydrogen (secondary N) is 1. The van der Waals surface area contributed by atoms with Gasteiger partial charge >= 0.3 is 18.6 Å². The smallest absolute Gasteiger partial charge is 0.428 e. The van der Waals surface area contributed by atoms with Gasteiger partial charge in [-0.3, -0.25) is 0 Å². The Balaban J connectivity index is 1.98. The number of ether oxygens (including phenoxy) is 2. The number of hydrogen-bond donors (Lipinski definition) is 2. The molecule has 1 unspecified atom stereocenters. The first-order valence-electron chi connectivity index (χ1n) is 7.84. The number of rotatable bonds is 8. The number of aromatic nitrogens is 1. The molecule has 0 spiro atoms. The second kappa shape index (κ2) is 9.31. The van der Waals surface area contributed by atoms with Crippen molar-refractivity contribution in [1.82, 2.24) is 10.3 Å². The number of aliphatic hydroxyl groups is 1.